The van der Waals surface area contributed by atoms with Crippen molar-refractivity contribution < 1.29 is 0 Å². The van der Waals surface area contributed by atoms with E-state index in [0.29, 0.717) is 21.8 Å². The van der Waals surface area contributed by atoms with Crippen LogP contribution in [0.4, 0.5) is 0 Å². The number of aryl methyl sites for hydroxylation is 2. The van der Waals surface area contributed by atoms with Gasteiger partial charge in [0.2, 0.25) is 0 Å². The van der Waals surface area contributed by atoms with E-state index in [1.165, 1.54) is 11.8 Å². The van der Waals surface area contributed by atoms with Crippen LogP contribution < -0.4 is 0 Å². The van der Waals surface area contributed by atoms with E-state index in [1.54, 1.807) is 0 Å². The molecule has 0 aliphatic heterocycles. The van der Waals surface area contributed by atoms with E-state index in [2.05, 4.69) is 34.5 Å². The normalized spacial score (nSPS) is 10.6. The minimum atomic E-state index is 0.311. The van der Waals surface area contributed by atoms with Gasteiger partial charge in [-0.05, 0) is 43.2 Å². The zero-order valence-electron chi connectivity index (χ0n) is 13.3. The lowest BCUT2D eigenvalue weighted by atomic mass is 10.1. The van der Waals surface area contributed by atoms with Gasteiger partial charge >= 0.3 is 0 Å². The topological polar surface area (TPSA) is 54.5 Å². The number of benzene rings is 2. The minimum Gasteiger partial charge on any atom is -0.270 e. The monoisotopic (exact) mass is 354 g/mol. The van der Waals surface area contributed by atoms with Gasteiger partial charge in [-0.25, -0.2) is 0 Å². The fraction of sp³-hybridized carbons (Fsp3) is 0.167. The highest BCUT2D eigenvalue weighted by Gasteiger charge is 2.19. The van der Waals surface area contributed by atoms with Crippen molar-refractivity contribution in [2.75, 3.05) is 5.75 Å². The largest absolute Gasteiger partial charge is 0.270 e. The zero-order chi connectivity index (χ0) is 17.1. The van der Waals surface area contributed by atoms with E-state index in [0.717, 1.165) is 22.4 Å². The summed E-state index contributed by atoms with van der Waals surface area (Å²) >= 11 is 7.73. The lowest BCUT2D eigenvalue weighted by Gasteiger charge is -2.14. The van der Waals surface area contributed by atoms with Gasteiger partial charge in [-0.2, -0.15) is 5.26 Å². The van der Waals surface area contributed by atoms with Crippen LogP contribution in [0.5, 0.6) is 0 Å². The number of halogens is 1. The van der Waals surface area contributed by atoms with Crippen molar-refractivity contribution in [1.82, 2.24) is 14.8 Å². The smallest absolute Gasteiger partial charge is 0.197 e. The number of thioether (sulfide) groups is 1. The van der Waals surface area contributed by atoms with Crippen molar-refractivity contribution >= 4 is 23.4 Å². The molecule has 120 valence electrons. The first-order valence-electron chi connectivity index (χ1n) is 7.39. The Hall–Kier alpha value is -2.29. The lowest BCUT2D eigenvalue weighted by molar-refractivity contribution is 0.881. The van der Waals surface area contributed by atoms with Gasteiger partial charge in [-0.15, -0.1) is 10.2 Å². The molecule has 0 amide bonds. The van der Waals surface area contributed by atoms with Crippen molar-refractivity contribution in [2.24, 2.45) is 0 Å². The predicted molar refractivity (Wildman–Crippen MR) is 97.6 cm³/mol. The quantitative estimate of drug-likeness (QED) is 0.630. The number of hydrogen-bond donors (Lipinski definition) is 0. The molecule has 0 saturated carbocycles. The molecule has 3 aromatic rings. The third-order valence-corrected chi connectivity index (χ3v) is 4.74. The van der Waals surface area contributed by atoms with Crippen LogP contribution in [-0.2, 0) is 0 Å². The second-order valence-electron chi connectivity index (χ2n) is 5.36. The molecule has 4 nitrogen and oxygen atoms in total. The molecule has 0 saturated heterocycles. The van der Waals surface area contributed by atoms with Crippen LogP contribution >= 0.6 is 23.4 Å². The van der Waals surface area contributed by atoms with Gasteiger partial charge in [-0.3, -0.25) is 4.57 Å². The second kappa shape index (κ2) is 7.08. The number of nitriles is 1. The average molecular weight is 355 g/mol. The molecule has 2 aromatic carbocycles. The molecule has 0 atom stereocenters. The summed E-state index contributed by atoms with van der Waals surface area (Å²) in [5.74, 6) is 0.987. The van der Waals surface area contributed by atoms with Crippen molar-refractivity contribution in [3.05, 3.63) is 58.6 Å². The standard InChI is InChI=1S/C18H15ClN4S/c1-12-7-8-13(2)16(11-12)23-17(14-5-3-4-6-15(14)19)21-22-18(23)24-10-9-20/h3-8,11H,10H2,1-2H3. The zero-order valence-corrected chi connectivity index (χ0v) is 14.9. The van der Waals surface area contributed by atoms with Crippen molar-refractivity contribution in [1.29, 1.82) is 5.26 Å². The van der Waals surface area contributed by atoms with Gasteiger partial charge in [0.25, 0.3) is 0 Å². The fourth-order valence-electron chi connectivity index (χ4n) is 2.45. The van der Waals surface area contributed by atoms with Crippen LogP contribution in [0.15, 0.2) is 47.6 Å². The molecule has 0 unspecified atom stereocenters. The van der Waals surface area contributed by atoms with E-state index >= 15 is 0 Å². The maximum absolute atomic E-state index is 8.91. The summed E-state index contributed by atoms with van der Waals surface area (Å²) in [7, 11) is 0. The summed E-state index contributed by atoms with van der Waals surface area (Å²) in [4.78, 5) is 0. The first-order chi connectivity index (χ1) is 11.6. The van der Waals surface area contributed by atoms with Crippen LogP contribution in [0, 0.1) is 25.2 Å². The summed E-state index contributed by atoms with van der Waals surface area (Å²) in [6.45, 7) is 4.09. The van der Waals surface area contributed by atoms with Gasteiger partial charge in [0.05, 0.1) is 22.5 Å². The van der Waals surface area contributed by atoms with Crippen molar-refractivity contribution in [2.45, 2.75) is 19.0 Å². The molecule has 1 aromatic heterocycles. The summed E-state index contributed by atoms with van der Waals surface area (Å²) in [5, 5.41) is 18.8. The molecule has 0 aliphatic rings. The Morgan fingerprint density at radius 2 is 1.96 bits per heavy atom. The fourth-order valence-corrected chi connectivity index (χ4v) is 3.28. The molecule has 0 bridgehead atoms. The highest BCUT2D eigenvalue weighted by molar-refractivity contribution is 7.99. The number of nitrogens with zero attached hydrogens (tertiary/aromatic N) is 4. The molecule has 6 heteroatoms. The molecule has 1 heterocycles. The minimum absolute atomic E-state index is 0.311. The maximum Gasteiger partial charge on any atom is 0.197 e. The first-order valence-corrected chi connectivity index (χ1v) is 8.76. The van der Waals surface area contributed by atoms with E-state index in [4.69, 9.17) is 16.9 Å². The van der Waals surface area contributed by atoms with Gasteiger partial charge in [0, 0.05) is 5.56 Å². The summed E-state index contributed by atoms with van der Waals surface area (Å²) < 4.78 is 1.98. The highest BCUT2D eigenvalue weighted by Crippen LogP contribution is 2.33. The molecule has 24 heavy (non-hydrogen) atoms. The SMILES string of the molecule is Cc1ccc(C)c(-n2c(SCC#N)nnc2-c2ccccc2Cl)c1. The van der Waals surface area contributed by atoms with Crippen LogP contribution in [0.3, 0.4) is 0 Å². The highest BCUT2D eigenvalue weighted by atomic mass is 35.5. The van der Waals surface area contributed by atoms with E-state index < -0.39 is 0 Å². The maximum atomic E-state index is 8.91. The summed E-state index contributed by atoms with van der Waals surface area (Å²) in [6, 6.07) is 15.9. The van der Waals surface area contributed by atoms with Crippen LogP contribution in [0.2, 0.25) is 5.02 Å². The molecule has 0 fully saturated rings. The first kappa shape index (κ1) is 16.6. The molecule has 0 radical (unpaired) electrons. The third-order valence-electron chi connectivity index (χ3n) is 3.62. The summed E-state index contributed by atoms with van der Waals surface area (Å²) in [6.07, 6.45) is 0. The number of hydrogen-bond acceptors (Lipinski definition) is 4. The Labute approximate surface area is 150 Å². The Morgan fingerprint density at radius 1 is 1.17 bits per heavy atom. The second-order valence-corrected chi connectivity index (χ2v) is 6.71. The molecule has 0 spiro atoms. The molecular weight excluding hydrogens is 340 g/mol. The van der Waals surface area contributed by atoms with E-state index in [1.807, 2.05) is 42.7 Å². The van der Waals surface area contributed by atoms with Crippen LogP contribution in [0.25, 0.3) is 17.1 Å². The Balaban J connectivity index is 2.25. The van der Waals surface area contributed by atoms with Gasteiger partial charge in [0.1, 0.15) is 0 Å². The number of aromatic nitrogens is 3. The van der Waals surface area contributed by atoms with Gasteiger partial charge in [-0.1, -0.05) is 47.6 Å². The molecular formula is C18H15ClN4S. The molecule has 3 rings (SSSR count). The Kier molecular flexibility index (Phi) is 4.89. The van der Waals surface area contributed by atoms with Crippen molar-refractivity contribution in [3.63, 3.8) is 0 Å². The Bertz CT molecular complexity index is 927. The number of rotatable bonds is 4. The van der Waals surface area contributed by atoms with Gasteiger partial charge < -0.3 is 0 Å². The predicted octanol–water partition coefficient (Wildman–Crippen LogP) is 4.82. The Morgan fingerprint density at radius 3 is 2.71 bits per heavy atom. The molecule has 0 aliphatic carbocycles. The van der Waals surface area contributed by atoms with E-state index in [9.17, 15) is 0 Å². The van der Waals surface area contributed by atoms with Gasteiger partial charge in [0.15, 0.2) is 11.0 Å². The summed E-state index contributed by atoms with van der Waals surface area (Å²) in [5.41, 5.74) is 4.06. The van der Waals surface area contributed by atoms with Crippen LogP contribution in [-0.4, -0.2) is 20.5 Å². The van der Waals surface area contributed by atoms with E-state index in [-0.39, 0.29) is 0 Å². The molecule has 0 N–H and O–H groups in total. The van der Waals surface area contributed by atoms with Crippen LogP contribution in [0.1, 0.15) is 11.1 Å². The van der Waals surface area contributed by atoms with Crippen molar-refractivity contribution in [3.8, 4) is 23.1 Å². The average Bonchev–Trinajstić information content (AvgIpc) is 2.99. The third kappa shape index (κ3) is 3.16. The lowest BCUT2D eigenvalue weighted by Crippen LogP contribution is -2.03.